The molecule has 0 saturated carbocycles. The highest BCUT2D eigenvalue weighted by Gasteiger charge is 2.30. The predicted molar refractivity (Wildman–Crippen MR) is 63.2 cm³/mol. The standard InChI is InChI=1S/C12H21N3O/c1-9-6-13-12(3,4)8-15(9)7-11-5-10(2)16-14-11/h5,9,13H,6-8H2,1-4H3. The molecule has 0 spiro atoms. The van der Waals surface area contributed by atoms with Gasteiger partial charge >= 0.3 is 0 Å². The van der Waals surface area contributed by atoms with Gasteiger partial charge in [0.15, 0.2) is 0 Å². The number of aryl methyl sites for hydroxylation is 1. The minimum absolute atomic E-state index is 0.186. The van der Waals surface area contributed by atoms with Gasteiger partial charge in [-0.2, -0.15) is 0 Å². The lowest BCUT2D eigenvalue weighted by Gasteiger charge is -2.43. The van der Waals surface area contributed by atoms with E-state index in [2.05, 4.69) is 36.1 Å². The zero-order valence-corrected chi connectivity index (χ0v) is 10.6. The molecule has 0 aliphatic carbocycles. The fraction of sp³-hybridized carbons (Fsp3) is 0.750. The van der Waals surface area contributed by atoms with Gasteiger partial charge in [-0.15, -0.1) is 0 Å². The van der Waals surface area contributed by atoms with Gasteiger partial charge in [0.05, 0.1) is 5.69 Å². The maximum absolute atomic E-state index is 5.10. The van der Waals surface area contributed by atoms with Crippen molar-refractivity contribution in [3.8, 4) is 0 Å². The van der Waals surface area contributed by atoms with Crippen molar-refractivity contribution in [3.63, 3.8) is 0 Å². The predicted octanol–water partition coefficient (Wildman–Crippen LogP) is 1.56. The van der Waals surface area contributed by atoms with E-state index in [0.717, 1.165) is 31.1 Å². The van der Waals surface area contributed by atoms with Crippen molar-refractivity contribution in [2.75, 3.05) is 13.1 Å². The zero-order valence-electron chi connectivity index (χ0n) is 10.6. The van der Waals surface area contributed by atoms with Gasteiger partial charge in [-0.25, -0.2) is 0 Å². The van der Waals surface area contributed by atoms with Gasteiger partial charge in [0.25, 0.3) is 0 Å². The van der Waals surface area contributed by atoms with Gasteiger partial charge in [-0.05, 0) is 27.7 Å². The summed E-state index contributed by atoms with van der Waals surface area (Å²) in [7, 11) is 0. The van der Waals surface area contributed by atoms with Crippen molar-refractivity contribution in [1.29, 1.82) is 0 Å². The Bertz CT molecular complexity index is 359. The number of piperazine rings is 1. The van der Waals surface area contributed by atoms with Crippen LogP contribution in [0.3, 0.4) is 0 Å². The minimum Gasteiger partial charge on any atom is -0.361 e. The molecule has 0 bridgehead atoms. The quantitative estimate of drug-likeness (QED) is 0.826. The van der Waals surface area contributed by atoms with Gasteiger partial charge < -0.3 is 9.84 Å². The van der Waals surface area contributed by atoms with E-state index in [-0.39, 0.29) is 5.54 Å². The van der Waals surface area contributed by atoms with E-state index in [4.69, 9.17) is 4.52 Å². The Kier molecular flexibility index (Phi) is 3.04. The summed E-state index contributed by atoms with van der Waals surface area (Å²) in [5, 5.41) is 7.60. The summed E-state index contributed by atoms with van der Waals surface area (Å²) in [5.74, 6) is 0.886. The summed E-state index contributed by atoms with van der Waals surface area (Å²) in [4.78, 5) is 2.45. The summed E-state index contributed by atoms with van der Waals surface area (Å²) in [5.41, 5.74) is 1.22. The Hall–Kier alpha value is -0.870. The van der Waals surface area contributed by atoms with Crippen LogP contribution < -0.4 is 5.32 Å². The minimum atomic E-state index is 0.186. The van der Waals surface area contributed by atoms with Crippen LogP contribution in [0.25, 0.3) is 0 Å². The molecule has 90 valence electrons. The molecule has 4 heteroatoms. The van der Waals surface area contributed by atoms with E-state index >= 15 is 0 Å². The molecule has 0 radical (unpaired) electrons. The van der Waals surface area contributed by atoms with Crippen molar-refractivity contribution in [2.45, 2.75) is 45.8 Å². The monoisotopic (exact) mass is 223 g/mol. The van der Waals surface area contributed by atoms with Crippen LogP contribution in [0, 0.1) is 6.92 Å². The van der Waals surface area contributed by atoms with E-state index < -0.39 is 0 Å². The number of hydrogen-bond acceptors (Lipinski definition) is 4. The molecule has 0 aromatic carbocycles. The molecule has 2 heterocycles. The van der Waals surface area contributed by atoms with Gasteiger partial charge in [-0.3, -0.25) is 4.90 Å². The van der Waals surface area contributed by atoms with Crippen molar-refractivity contribution in [2.24, 2.45) is 0 Å². The first-order chi connectivity index (χ1) is 7.46. The molecule has 16 heavy (non-hydrogen) atoms. The van der Waals surface area contributed by atoms with Crippen LogP contribution in [0.5, 0.6) is 0 Å². The second-order valence-electron chi connectivity index (χ2n) is 5.45. The topological polar surface area (TPSA) is 41.3 Å². The lowest BCUT2D eigenvalue weighted by atomic mass is 9.99. The number of rotatable bonds is 2. The first kappa shape index (κ1) is 11.6. The van der Waals surface area contributed by atoms with E-state index in [0.29, 0.717) is 6.04 Å². The van der Waals surface area contributed by atoms with Crippen molar-refractivity contribution in [3.05, 3.63) is 17.5 Å². The summed E-state index contributed by atoms with van der Waals surface area (Å²) in [6, 6.07) is 2.56. The van der Waals surface area contributed by atoms with Crippen LogP contribution in [-0.4, -0.2) is 34.7 Å². The summed E-state index contributed by atoms with van der Waals surface area (Å²) in [6.07, 6.45) is 0. The van der Waals surface area contributed by atoms with E-state index in [1.54, 1.807) is 0 Å². The number of nitrogens with one attached hydrogen (secondary N) is 1. The highest BCUT2D eigenvalue weighted by Crippen LogP contribution is 2.17. The molecule has 1 aromatic rings. The Morgan fingerprint density at radius 1 is 1.62 bits per heavy atom. The molecule has 1 aliphatic rings. The highest BCUT2D eigenvalue weighted by atomic mass is 16.5. The average molecular weight is 223 g/mol. The molecule has 1 aromatic heterocycles. The summed E-state index contributed by atoms with van der Waals surface area (Å²) < 4.78 is 5.10. The first-order valence-corrected chi connectivity index (χ1v) is 5.87. The molecule has 4 nitrogen and oxygen atoms in total. The van der Waals surface area contributed by atoms with Crippen molar-refractivity contribution < 1.29 is 4.52 Å². The Labute approximate surface area is 97.0 Å². The third-order valence-electron chi connectivity index (χ3n) is 3.14. The van der Waals surface area contributed by atoms with Crippen molar-refractivity contribution >= 4 is 0 Å². The lowest BCUT2D eigenvalue weighted by molar-refractivity contribution is 0.0954. The average Bonchev–Trinajstić information content (AvgIpc) is 2.58. The largest absolute Gasteiger partial charge is 0.361 e. The van der Waals surface area contributed by atoms with Crippen LogP contribution in [0.4, 0.5) is 0 Å². The molecule has 1 N–H and O–H groups in total. The van der Waals surface area contributed by atoms with Crippen LogP contribution in [0.1, 0.15) is 32.2 Å². The Balaban J connectivity index is 2.02. The van der Waals surface area contributed by atoms with Crippen LogP contribution in [0.2, 0.25) is 0 Å². The molecule has 0 amide bonds. The van der Waals surface area contributed by atoms with Gasteiger partial charge in [0, 0.05) is 37.3 Å². The molecule has 1 fully saturated rings. The Morgan fingerprint density at radius 3 is 3.00 bits per heavy atom. The maximum atomic E-state index is 5.10. The molecular weight excluding hydrogens is 202 g/mol. The second-order valence-corrected chi connectivity index (χ2v) is 5.45. The van der Waals surface area contributed by atoms with E-state index in [9.17, 15) is 0 Å². The van der Waals surface area contributed by atoms with Gasteiger partial charge in [0.1, 0.15) is 5.76 Å². The fourth-order valence-electron chi connectivity index (χ4n) is 2.18. The Morgan fingerprint density at radius 2 is 2.38 bits per heavy atom. The second kappa shape index (κ2) is 4.18. The van der Waals surface area contributed by atoms with Crippen LogP contribution in [0.15, 0.2) is 10.6 Å². The number of hydrogen-bond donors (Lipinski definition) is 1. The normalized spacial score (nSPS) is 25.9. The SMILES string of the molecule is Cc1cc(CN2CC(C)(C)NCC2C)no1. The maximum Gasteiger partial charge on any atom is 0.133 e. The smallest absolute Gasteiger partial charge is 0.133 e. The summed E-state index contributed by atoms with van der Waals surface area (Å²) in [6.45, 7) is 11.6. The molecule has 1 atom stereocenters. The third kappa shape index (κ3) is 2.62. The highest BCUT2D eigenvalue weighted by molar-refractivity contribution is 5.04. The van der Waals surface area contributed by atoms with Crippen LogP contribution >= 0.6 is 0 Å². The number of aromatic nitrogens is 1. The summed E-state index contributed by atoms with van der Waals surface area (Å²) >= 11 is 0. The van der Waals surface area contributed by atoms with Crippen LogP contribution in [-0.2, 0) is 6.54 Å². The van der Waals surface area contributed by atoms with E-state index in [1.165, 1.54) is 0 Å². The van der Waals surface area contributed by atoms with Gasteiger partial charge in [-0.1, -0.05) is 5.16 Å². The molecule has 2 rings (SSSR count). The first-order valence-electron chi connectivity index (χ1n) is 5.87. The van der Waals surface area contributed by atoms with Gasteiger partial charge in [0.2, 0.25) is 0 Å². The zero-order chi connectivity index (χ0) is 11.8. The molecule has 1 saturated heterocycles. The molecule has 1 aliphatic heterocycles. The lowest BCUT2D eigenvalue weighted by Crippen LogP contribution is -2.60. The fourth-order valence-corrected chi connectivity index (χ4v) is 2.18. The van der Waals surface area contributed by atoms with E-state index in [1.807, 2.05) is 13.0 Å². The molecule has 1 unspecified atom stereocenters. The van der Waals surface area contributed by atoms with Crippen molar-refractivity contribution in [1.82, 2.24) is 15.4 Å². The third-order valence-corrected chi connectivity index (χ3v) is 3.14. The molecular formula is C12H21N3O. The number of nitrogens with zero attached hydrogens (tertiary/aromatic N) is 2.